The van der Waals surface area contributed by atoms with Gasteiger partial charge in [0, 0.05) is 11.3 Å². The van der Waals surface area contributed by atoms with Crippen LogP contribution in [0.1, 0.15) is 42.9 Å². The molecule has 0 radical (unpaired) electrons. The van der Waals surface area contributed by atoms with Crippen molar-refractivity contribution in [2.45, 2.75) is 31.7 Å². The lowest BCUT2D eigenvalue weighted by molar-refractivity contribution is 0.625. The zero-order valence-corrected chi connectivity index (χ0v) is 14.1. The van der Waals surface area contributed by atoms with Crippen molar-refractivity contribution in [3.05, 3.63) is 83.2 Å². The molecule has 1 unspecified atom stereocenters. The van der Waals surface area contributed by atoms with Gasteiger partial charge in [-0.25, -0.2) is 4.39 Å². The third kappa shape index (κ3) is 2.36. The van der Waals surface area contributed by atoms with Gasteiger partial charge in [-0.3, -0.25) is 0 Å². The Kier molecular flexibility index (Phi) is 3.37. The molecule has 3 aromatic rings. The third-order valence-electron chi connectivity index (χ3n) is 5.59. The molecule has 1 aliphatic carbocycles. The molecule has 2 aliphatic rings. The van der Waals surface area contributed by atoms with E-state index in [0.717, 1.165) is 18.4 Å². The minimum absolute atomic E-state index is 0.157. The summed E-state index contributed by atoms with van der Waals surface area (Å²) in [4.78, 5) is 0. The number of allylic oxidation sites excluding steroid dienone is 1. The number of fused-ring (bicyclic) bond motifs is 4. The van der Waals surface area contributed by atoms with Crippen LogP contribution in [0.5, 0.6) is 0 Å². The van der Waals surface area contributed by atoms with Crippen LogP contribution in [0.25, 0.3) is 16.3 Å². The van der Waals surface area contributed by atoms with Crippen LogP contribution >= 0.6 is 0 Å². The van der Waals surface area contributed by atoms with Crippen LogP contribution in [-0.2, 0) is 0 Å². The standard InChI is InChI=1S/C23H20FN/c24-17-12-9-16(10-13-17)23-20-8-4-3-7-19(20)22-18-6-2-1-5-15(18)11-14-21(22)25-23/h1-2,5-6,9-14,23,25H,3-4,7-8H2. The van der Waals surface area contributed by atoms with E-state index in [1.165, 1.54) is 46.0 Å². The molecular weight excluding hydrogens is 309 g/mol. The lowest BCUT2D eigenvalue weighted by Gasteiger charge is -2.36. The maximum Gasteiger partial charge on any atom is 0.123 e. The summed E-state index contributed by atoms with van der Waals surface area (Å²) in [7, 11) is 0. The molecule has 0 saturated heterocycles. The Bertz CT molecular complexity index is 985. The van der Waals surface area contributed by atoms with Gasteiger partial charge in [-0.15, -0.1) is 0 Å². The molecule has 1 atom stereocenters. The van der Waals surface area contributed by atoms with Crippen molar-refractivity contribution in [1.82, 2.24) is 0 Å². The van der Waals surface area contributed by atoms with E-state index in [-0.39, 0.29) is 11.9 Å². The van der Waals surface area contributed by atoms with Gasteiger partial charge in [0.25, 0.3) is 0 Å². The summed E-state index contributed by atoms with van der Waals surface area (Å²) >= 11 is 0. The van der Waals surface area contributed by atoms with Gasteiger partial charge >= 0.3 is 0 Å². The van der Waals surface area contributed by atoms with E-state index in [0.29, 0.717) is 0 Å². The molecule has 0 spiro atoms. The maximum absolute atomic E-state index is 13.4. The van der Waals surface area contributed by atoms with Gasteiger partial charge in [0.15, 0.2) is 0 Å². The highest BCUT2D eigenvalue weighted by molar-refractivity contribution is 6.01. The van der Waals surface area contributed by atoms with Crippen LogP contribution in [0.3, 0.4) is 0 Å². The highest BCUT2D eigenvalue weighted by Gasteiger charge is 2.30. The summed E-state index contributed by atoms with van der Waals surface area (Å²) in [5.74, 6) is -0.177. The Labute approximate surface area is 147 Å². The molecule has 5 rings (SSSR count). The molecule has 2 heteroatoms. The second-order valence-electron chi connectivity index (χ2n) is 7.05. The van der Waals surface area contributed by atoms with Gasteiger partial charge in [0.1, 0.15) is 5.82 Å². The zero-order valence-electron chi connectivity index (χ0n) is 14.1. The van der Waals surface area contributed by atoms with Crippen molar-refractivity contribution in [1.29, 1.82) is 0 Å². The highest BCUT2D eigenvalue weighted by Crippen LogP contribution is 2.48. The summed E-state index contributed by atoms with van der Waals surface area (Å²) in [5, 5.41) is 6.37. The fourth-order valence-electron chi connectivity index (χ4n) is 4.43. The van der Waals surface area contributed by atoms with Gasteiger partial charge in [0.2, 0.25) is 0 Å². The predicted octanol–water partition coefficient (Wildman–Crippen LogP) is 6.47. The number of halogens is 1. The summed E-state index contributed by atoms with van der Waals surface area (Å²) in [6.45, 7) is 0. The Morgan fingerprint density at radius 1 is 0.840 bits per heavy atom. The van der Waals surface area contributed by atoms with Crippen molar-refractivity contribution in [2.24, 2.45) is 0 Å². The molecule has 1 nitrogen and oxygen atoms in total. The fraction of sp³-hybridized carbons (Fsp3) is 0.217. The average molecular weight is 329 g/mol. The normalized spacial score (nSPS) is 19.3. The van der Waals surface area contributed by atoms with Gasteiger partial charge in [-0.2, -0.15) is 0 Å². The van der Waals surface area contributed by atoms with Gasteiger partial charge in [-0.1, -0.05) is 42.5 Å². The molecule has 0 amide bonds. The Hall–Kier alpha value is -2.61. The van der Waals surface area contributed by atoms with E-state index >= 15 is 0 Å². The Balaban J connectivity index is 1.73. The van der Waals surface area contributed by atoms with Crippen LogP contribution < -0.4 is 5.32 Å². The molecule has 0 fully saturated rings. The lowest BCUT2D eigenvalue weighted by atomic mass is 9.77. The molecule has 1 N–H and O–H groups in total. The van der Waals surface area contributed by atoms with Crippen molar-refractivity contribution in [3.63, 3.8) is 0 Å². The van der Waals surface area contributed by atoms with E-state index < -0.39 is 0 Å². The SMILES string of the molecule is Fc1ccc(C2Nc3ccc4ccccc4c3C3=C2CCCC3)cc1. The molecule has 124 valence electrons. The minimum Gasteiger partial charge on any atom is -0.374 e. The number of hydrogen-bond acceptors (Lipinski definition) is 1. The molecule has 1 aliphatic heterocycles. The lowest BCUT2D eigenvalue weighted by Crippen LogP contribution is -2.22. The first-order chi connectivity index (χ1) is 12.3. The summed E-state index contributed by atoms with van der Waals surface area (Å²) in [6, 6.07) is 20.1. The summed E-state index contributed by atoms with van der Waals surface area (Å²) in [6.07, 6.45) is 4.73. The van der Waals surface area contributed by atoms with Crippen LogP contribution in [0.4, 0.5) is 10.1 Å². The number of anilines is 1. The first kappa shape index (κ1) is 14.7. The van der Waals surface area contributed by atoms with Crippen molar-refractivity contribution in [2.75, 3.05) is 5.32 Å². The predicted molar refractivity (Wildman–Crippen MR) is 102 cm³/mol. The van der Waals surface area contributed by atoms with Crippen LogP contribution in [0.2, 0.25) is 0 Å². The maximum atomic E-state index is 13.4. The van der Waals surface area contributed by atoms with E-state index in [1.54, 1.807) is 12.1 Å². The van der Waals surface area contributed by atoms with Crippen LogP contribution in [0.15, 0.2) is 66.2 Å². The molecule has 3 aromatic carbocycles. The number of hydrogen-bond donors (Lipinski definition) is 1. The molecule has 25 heavy (non-hydrogen) atoms. The molecule has 1 heterocycles. The average Bonchev–Trinajstić information content (AvgIpc) is 2.67. The van der Waals surface area contributed by atoms with Crippen molar-refractivity contribution >= 4 is 22.0 Å². The molecule has 0 aromatic heterocycles. The first-order valence-electron chi connectivity index (χ1n) is 9.07. The summed E-state index contributed by atoms with van der Waals surface area (Å²) < 4.78 is 13.4. The first-order valence-corrected chi connectivity index (χ1v) is 9.07. The highest BCUT2D eigenvalue weighted by atomic mass is 19.1. The Morgan fingerprint density at radius 3 is 2.52 bits per heavy atom. The second-order valence-corrected chi connectivity index (χ2v) is 7.05. The van der Waals surface area contributed by atoms with E-state index in [4.69, 9.17) is 0 Å². The van der Waals surface area contributed by atoms with Crippen molar-refractivity contribution < 1.29 is 4.39 Å². The topological polar surface area (TPSA) is 12.0 Å². The quantitative estimate of drug-likeness (QED) is 0.539. The number of benzene rings is 3. The van der Waals surface area contributed by atoms with E-state index in [2.05, 4.69) is 41.7 Å². The number of nitrogens with one attached hydrogen (secondary N) is 1. The largest absolute Gasteiger partial charge is 0.374 e. The Morgan fingerprint density at radius 2 is 1.64 bits per heavy atom. The van der Waals surface area contributed by atoms with Gasteiger partial charge in [-0.05, 0) is 71.4 Å². The van der Waals surface area contributed by atoms with Crippen LogP contribution in [0, 0.1) is 5.82 Å². The monoisotopic (exact) mass is 329 g/mol. The van der Waals surface area contributed by atoms with Crippen LogP contribution in [-0.4, -0.2) is 0 Å². The summed E-state index contributed by atoms with van der Waals surface area (Å²) in [5.41, 5.74) is 6.72. The van der Waals surface area contributed by atoms with Gasteiger partial charge in [0.05, 0.1) is 6.04 Å². The molecule has 0 saturated carbocycles. The second kappa shape index (κ2) is 5.73. The fourth-order valence-corrected chi connectivity index (χ4v) is 4.43. The zero-order chi connectivity index (χ0) is 16.8. The smallest absolute Gasteiger partial charge is 0.123 e. The van der Waals surface area contributed by atoms with E-state index in [9.17, 15) is 4.39 Å². The van der Waals surface area contributed by atoms with Gasteiger partial charge < -0.3 is 5.32 Å². The third-order valence-corrected chi connectivity index (χ3v) is 5.59. The van der Waals surface area contributed by atoms with E-state index in [1.807, 2.05) is 12.1 Å². The van der Waals surface area contributed by atoms with Crippen molar-refractivity contribution in [3.8, 4) is 0 Å². The minimum atomic E-state index is -0.177. The molecular formula is C23H20FN. The molecule has 0 bridgehead atoms. The number of rotatable bonds is 1.